The number of sulfonamides is 1. The largest absolute Gasteiger partial charge is 0.355 e. The number of fused-ring (bicyclic) bond motifs is 1. The highest BCUT2D eigenvalue weighted by atomic mass is 32.2. The van der Waals surface area contributed by atoms with Gasteiger partial charge in [-0.25, -0.2) is 23.1 Å². The zero-order valence-electron chi connectivity index (χ0n) is 15.7. The average molecular weight is 449 g/mol. The second-order valence-electron chi connectivity index (χ2n) is 6.36. The number of alkyl halides is 2. The molecular weight excluding hydrogens is 436 g/mol. The van der Waals surface area contributed by atoms with E-state index in [1.54, 1.807) is 16.9 Å². The average Bonchev–Trinajstić information content (AvgIpc) is 3.27. The van der Waals surface area contributed by atoms with Crippen LogP contribution in [0.4, 0.5) is 14.7 Å². The van der Waals surface area contributed by atoms with Gasteiger partial charge in [0, 0.05) is 12.4 Å². The Morgan fingerprint density at radius 3 is 2.13 bits per heavy atom. The number of aromatic nitrogens is 5. The molecule has 11 nitrogen and oxygen atoms in total. The maximum atomic E-state index is 12.8. The number of nitrogens with zero attached hydrogens (tertiary/aromatic N) is 6. The molecule has 1 unspecified atom stereocenters. The lowest BCUT2D eigenvalue weighted by Gasteiger charge is -2.21. The summed E-state index contributed by atoms with van der Waals surface area (Å²) < 4.78 is 51.1. The number of anilines is 1. The number of imide groups is 1. The van der Waals surface area contributed by atoms with E-state index in [2.05, 4.69) is 20.1 Å². The molecule has 1 atom stereocenters. The minimum Gasteiger partial charge on any atom is -0.269 e. The molecule has 2 amide bonds. The van der Waals surface area contributed by atoms with E-state index in [4.69, 9.17) is 0 Å². The number of hydrogen-bond acceptors (Lipinski definition) is 8. The van der Waals surface area contributed by atoms with Gasteiger partial charge in [0.2, 0.25) is 0 Å². The van der Waals surface area contributed by atoms with Crippen LogP contribution in [0.5, 0.6) is 0 Å². The van der Waals surface area contributed by atoms with Crippen molar-refractivity contribution in [3.63, 3.8) is 0 Å². The molecular formula is C17H13F2N7O4S. The van der Waals surface area contributed by atoms with Gasteiger partial charge in [-0.3, -0.25) is 14.5 Å². The number of nitrogens with one attached hydrogen (secondary N) is 1. The lowest BCUT2D eigenvalue weighted by molar-refractivity contribution is 0.0587. The van der Waals surface area contributed by atoms with Gasteiger partial charge in [-0.2, -0.15) is 18.4 Å². The summed E-state index contributed by atoms with van der Waals surface area (Å²) in [5, 5.41) is 3.85. The van der Waals surface area contributed by atoms with Crippen molar-refractivity contribution in [3.05, 3.63) is 59.7 Å². The van der Waals surface area contributed by atoms with E-state index in [0.717, 1.165) is 9.58 Å². The van der Waals surface area contributed by atoms with E-state index in [-0.39, 0.29) is 22.9 Å². The summed E-state index contributed by atoms with van der Waals surface area (Å²) in [6, 6.07) is 6.65. The highest BCUT2D eigenvalue weighted by Crippen LogP contribution is 2.31. The van der Waals surface area contributed by atoms with Crippen molar-refractivity contribution in [2.24, 2.45) is 0 Å². The van der Waals surface area contributed by atoms with Crippen molar-refractivity contribution >= 4 is 27.8 Å². The lowest BCUT2D eigenvalue weighted by Crippen LogP contribution is -2.34. The highest BCUT2D eigenvalue weighted by Gasteiger charge is 2.41. The van der Waals surface area contributed by atoms with E-state index in [1.165, 1.54) is 37.5 Å². The van der Waals surface area contributed by atoms with Crippen LogP contribution in [-0.2, 0) is 10.0 Å². The van der Waals surface area contributed by atoms with Gasteiger partial charge < -0.3 is 0 Å². The van der Waals surface area contributed by atoms with Gasteiger partial charge in [0.15, 0.2) is 5.82 Å². The van der Waals surface area contributed by atoms with Gasteiger partial charge in [0.05, 0.1) is 17.2 Å². The van der Waals surface area contributed by atoms with Crippen LogP contribution in [0.15, 0.2) is 42.7 Å². The summed E-state index contributed by atoms with van der Waals surface area (Å²) in [5.41, 5.74) is 0.389. The monoisotopic (exact) mass is 449 g/mol. The van der Waals surface area contributed by atoms with Gasteiger partial charge in [-0.05, 0) is 25.1 Å². The Labute approximate surface area is 173 Å². The van der Waals surface area contributed by atoms with E-state index >= 15 is 0 Å². The third-order valence-corrected chi connectivity index (χ3v) is 5.36. The number of carbonyl (C=O) groups excluding carboxylic acids is 2. The van der Waals surface area contributed by atoms with Gasteiger partial charge in [0.1, 0.15) is 0 Å². The molecule has 160 valence electrons. The van der Waals surface area contributed by atoms with Crippen LogP contribution in [0.3, 0.4) is 0 Å². The molecule has 31 heavy (non-hydrogen) atoms. The number of benzene rings is 1. The quantitative estimate of drug-likeness (QED) is 0.557. The molecule has 0 saturated carbocycles. The van der Waals surface area contributed by atoms with Crippen molar-refractivity contribution < 1.29 is 26.8 Å². The fourth-order valence-corrected chi connectivity index (χ4v) is 3.46. The Kier molecular flexibility index (Phi) is 4.93. The number of halogens is 2. The van der Waals surface area contributed by atoms with Crippen molar-refractivity contribution in [3.8, 4) is 5.95 Å². The topological polar surface area (TPSA) is 140 Å². The Morgan fingerprint density at radius 1 is 1.00 bits per heavy atom. The standard InChI is InChI=1S/C17H13F2N7O4S/c1-9(25-13(27)10-5-2-3-6-11(10)14(25)28)12-22-16(24-31(29,30)15(18)19)23-26(12)17-20-7-4-8-21-17/h2-9,15H,1H3,(H,23,24). The first-order valence-electron chi connectivity index (χ1n) is 8.71. The Balaban J connectivity index is 1.78. The van der Waals surface area contributed by atoms with Crippen molar-refractivity contribution in [1.29, 1.82) is 0 Å². The number of hydrogen-bond donors (Lipinski definition) is 1. The van der Waals surface area contributed by atoms with Crippen LogP contribution in [0.25, 0.3) is 5.95 Å². The molecule has 3 heterocycles. The van der Waals surface area contributed by atoms with E-state index < -0.39 is 39.6 Å². The molecule has 1 aliphatic heterocycles. The van der Waals surface area contributed by atoms with Crippen LogP contribution in [0.1, 0.15) is 39.5 Å². The third kappa shape index (κ3) is 3.50. The Hall–Kier alpha value is -3.81. The molecule has 0 radical (unpaired) electrons. The first-order chi connectivity index (χ1) is 14.7. The smallest absolute Gasteiger partial charge is 0.269 e. The molecule has 1 aromatic carbocycles. The first-order valence-corrected chi connectivity index (χ1v) is 10.3. The normalized spacial score (nSPS) is 14.8. The van der Waals surface area contributed by atoms with Crippen LogP contribution in [0, 0.1) is 0 Å². The third-order valence-electron chi connectivity index (χ3n) is 4.43. The molecule has 0 aliphatic carbocycles. The summed E-state index contributed by atoms with van der Waals surface area (Å²) in [5.74, 6) is -5.78. The van der Waals surface area contributed by atoms with E-state index in [9.17, 15) is 26.8 Å². The van der Waals surface area contributed by atoms with Crippen molar-refractivity contribution in [1.82, 2.24) is 29.6 Å². The molecule has 14 heteroatoms. The molecule has 2 aromatic heterocycles. The van der Waals surface area contributed by atoms with Gasteiger partial charge in [-0.1, -0.05) is 12.1 Å². The second-order valence-corrected chi connectivity index (χ2v) is 8.01. The summed E-state index contributed by atoms with van der Waals surface area (Å²) in [4.78, 5) is 38.4. The minimum absolute atomic E-state index is 0.0732. The predicted molar refractivity (Wildman–Crippen MR) is 101 cm³/mol. The SMILES string of the molecule is CC(c1nc(NS(=O)(=O)C(F)F)nn1-c1ncccn1)N1C(=O)c2ccccc2C1=O. The van der Waals surface area contributed by atoms with Crippen LogP contribution >= 0.6 is 0 Å². The molecule has 0 saturated heterocycles. The minimum atomic E-state index is -5.06. The summed E-state index contributed by atoms with van der Waals surface area (Å²) in [6.45, 7) is 1.45. The molecule has 0 fully saturated rings. The second kappa shape index (κ2) is 7.46. The fraction of sp³-hybridized carbons (Fsp3) is 0.176. The van der Waals surface area contributed by atoms with Crippen molar-refractivity contribution in [2.45, 2.75) is 18.7 Å². The first kappa shape index (κ1) is 20.5. The zero-order chi connectivity index (χ0) is 22.3. The zero-order valence-corrected chi connectivity index (χ0v) is 16.5. The van der Waals surface area contributed by atoms with E-state index in [1.807, 2.05) is 0 Å². The lowest BCUT2D eigenvalue weighted by atomic mass is 10.1. The van der Waals surface area contributed by atoms with Gasteiger partial charge in [-0.15, -0.1) is 5.10 Å². The predicted octanol–water partition coefficient (Wildman–Crippen LogP) is 1.38. The molecule has 1 N–H and O–H groups in total. The summed E-state index contributed by atoms with van der Waals surface area (Å²) in [6.07, 6.45) is 2.73. The van der Waals surface area contributed by atoms with Crippen molar-refractivity contribution in [2.75, 3.05) is 4.72 Å². The fourth-order valence-electron chi connectivity index (χ4n) is 3.03. The number of carbonyl (C=O) groups is 2. The van der Waals surface area contributed by atoms with Gasteiger partial charge in [0.25, 0.3) is 33.7 Å². The van der Waals surface area contributed by atoms with Crippen LogP contribution in [-0.4, -0.2) is 55.6 Å². The van der Waals surface area contributed by atoms with Crippen LogP contribution < -0.4 is 4.72 Å². The molecule has 0 spiro atoms. The van der Waals surface area contributed by atoms with Crippen LogP contribution in [0.2, 0.25) is 0 Å². The maximum Gasteiger partial charge on any atom is 0.355 e. The molecule has 4 rings (SSSR count). The van der Waals surface area contributed by atoms with E-state index in [0.29, 0.717) is 0 Å². The molecule has 0 bridgehead atoms. The summed E-state index contributed by atoms with van der Waals surface area (Å²) >= 11 is 0. The Bertz CT molecular complexity index is 1250. The number of amides is 2. The summed E-state index contributed by atoms with van der Waals surface area (Å²) in [7, 11) is -5.06. The Morgan fingerprint density at radius 2 is 1.58 bits per heavy atom. The molecule has 1 aliphatic rings. The maximum absolute atomic E-state index is 12.8. The highest BCUT2D eigenvalue weighted by molar-refractivity contribution is 7.92. The molecule has 3 aromatic rings. The van der Waals surface area contributed by atoms with Gasteiger partial charge >= 0.3 is 5.76 Å². The number of rotatable bonds is 6.